The van der Waals surface area contributed by atoms with E-state index < -0.39 is 0 Å². The van der Waals surface area contributed by atoms with E-state index >= 15 is 0 Å². The van der Waals surface area contributed by atoms with Gasteiger partial charge in [0.25, 0.3) is 0 Å². The molecule has 0 spiro atoms. The molecule has 2 aromatic carbocycles. The maximum atomic E-state index is 4.83. The highest BCUT2D eigenvalue weighted by Gasteiger charge is 2.14. The summed E-state index contributed by atoms with van der Waals surface area (Å²) < 4.78 is 0. The molecule has 0 unspecified atom stereocenters. The molecule has 3 heteroatoms. The van der Waals surface area contributed by atoms with Crippen LogP contribution in [0.3, 0.4) is 0 Å². The summed E-state index contributed by atoms with van der Waals surface area (Å²) in [5.74, 6) is 0.964. The normalized spacial score (nSPS) is 10.1. The van der Waals surface area contributed by atoms with E-state index in [2.05, 4.69) is 79.3 Å². The summed E-state index contributed by atoms with van der Waals surface area (Å²) in [6, 6.07) is 20.7. The molecular weight excluding hydrogens is 270 g/mol. The Hall–Kier alpha value is -2.29. The molecule has 0 saturated carbocycles. The van der Waals surface area contributed by atoms with Gasteiger partial charge in [0.15, 0.2) is 0 Å². The second kappa shape index (κ2) is 8.23. The molecule has 0 bridgehead atoms. The molecule has 0 aliphatic heterocycles. The van der Waals surface area contributed by atoms with Crippen molar-refractivity contribution < 1.29 is 0 Å². The first-order chi connectivity index (χ1) is 10.7. The quantitative estimate of drug-likeness (QED) is 0.462. The van der Waals surface area contributed by atoms with Gasteiger partial charge in [0.05, 0.1) is 0 Å². The van der Waals surface area contributed by atoms with Crippen LogP contribution in [0.1, 0.15) is 19.8 Å². The minimum atomic E-state index is 0.847. The largest absolute Gasteiger partial charge is 0.315 e. The Balaban J connectivity index is 2.28. The summed E-state index contributed by atoms with van der Waals surface area (Å²) in [5, 5.41) is 0. The van der Waals surface area contributed by atoms with Crippen molar-refractivity contribution in [3.8, 4) is 0 Å². The van der Waals surface area contributed by atoms with Crippen molar-refractivity contribution in [2.45, 2.75) is 19.8 Å². The van der Waals surface area contributed by atoms with Crippen molar-refractivity contribution in [1.29, 1.82) is 0 Å². The molecule has 0 aliphatic carbocycles. The van der Waals surface area contributed by atoms with E-state index in [0.717, 1.165) is 36.7 Å². The fourth-order valence-corrected chi connectivity index (χ4v) is 2.31. The average molecular weight is 295 g/mol. The Morgan fingerprint density at radius 2 is 1.27 bits per heavy atom. The zero-order valence-corrected chi connectivity index (χ0v) is 13.7. The van der Waals surface area contributed by atoms with E-state index in [1.807, 2.05) is 12.1 Å². The lowest BCUT2D eigenvalue weighted by Crippen LogP contribution is -2.40. The summed E-state index contributed by atoms with van der Waals surface area (Å²) in [7, 11) is 4.14. The van der Waals surface area contributed by atoms with Gasteiger partial charge in [-0.25, -0.2) is 0 Å². The molecule has 0 amide bonds. The second-order valence-electron chi connectivity index (χ2n) is 5.32. The number of rotatable bonds is 5. The van der Waals surface area contributed by atoms with Gasteiger partial charge in [-0.05, 0) is 30.7 Å². The molecule has 0 radical (unpaired) electrons. The van der Waals surface area contributed by atoms with E-state index in [4.69, 9.17) is 4.99 Å². The van der Waals surface area contributed by atoms with E-state index in [0.29, 0.717) is 0 Å². The number of benzene rings is 2. The highest BCUT2D eigenvalue weighted by atomic mass is 15.4. The first kappa shape index (κ1) is 16.1. The molecule has 0 heterocycles. The van der Waals surface area contributed by atoms with Gasteiger partial charge in [-0.2, -0.15) is 0 Å². The number of hydrogen-bond donors (Lipinski definition) is 0. The van der Waals surface area contributed by atoms with Gasteiger partial charge in [0.1, 0.15) is 0 Å². The summed E-state index contributed by atoms with van der Waals surface area (Å²) in [5.41, 5.74) is 2.28. The Morgan fingerprint density at radius 1 is 0.818 bits per heavy atom. The van der Waals surface area contributed by atoms with Crippen molar-refractivity contribution in [3.05, 3.63) is 60.7 Å². The van der Waals surface area contributed by atoms with Crippen molar-refractivity contribution in [2.75, 3.05) is 30.4 Å². The number of aliphatic imine (C=N–C) groups is 1. The summed E-state index contributed by atoms with van der Waals surface area (Å²) in [6.07, 6.45) is 2.26. The van der Waals surface area contributed by atoms with Crippen LogP contribution in [0, 0.1) is 0 Å². The van der Waals surface area contributed by atoms with Gasteiger partial charge in [0, 0.05) is 32.0 Å². The Kier molecular flexibility index (Phi) is 6.01. The monoisotopic (exact) mass is 295 g/mol. The highest BCUT2D eigenvalue weighted by Crippen LogP contribution is 2.18. The highest BCUT2D eigenvalue weighted by molar-refractivity contribution is 6.06. The van der Waals surface area contributed by atoms with Gasteiger partial charge in [-0.15, -0.1) is 0 Å². The van der Waals surface area contributed by atoms with E-state index in [1.54, 1.807) is 0 Å². The van der Waals surface area contributed by atoms with Gasteiger partial charge in [-0.3, -0.25) is 4.99 Å². The molecule has 0 aromatic heterocycles. The topological polar surface area (TPSA) is 18.8 Å². The van der Waals surface area contributed by atoms with Crippen LogP contribution in [0.15, 0.2) is 65.7 Å². The van der Waals surface area contributed by atoms with Gasteiger partial charge >= 0.3 is 0 Å². The first-order valence-electron chi connectivity index (χ1n) is 7.86. The molecule has 22 heavy (non-hydrogen) atoms. The van der Waals surface area contributed by atoms with Gasteiger partial charge < -0.3 is 9.80 Å². The lowest BCUT2D eigenvalue weighted by molar-refractivity contribution is 0.803. The lowest BCUT2D eigenvalue weighted by Gasteiger charge is -2.29. The predicted molar refractivity (Wildman–Crippen MR) is 96.9 cm³/mol. The molecule has 0 fully saturated rings. The van der Waals surface area contributed by atoms with Crippen LogP contribution in [0.2, 0.25) is 0 Å². The Labute approximate surface area is 133 Å². The first-order valence-corrected chi connectivity index (χ1v) is 7.86. The SMILES string of the molecule is CCCCN=C(N(C)c1ccccc1)N(C)c1ccccc1. The maximum Gasteiger partial charge on any atom is 0.205 e. The Morgan fingerprint density at radius 3 is 1.68 bits per heavy atom. The summed E-state index contributed by atoms with van der Waals surface area (Å²) >= 11 is 0. The smallest absolute Gasteiger partial charge is 0.205 e. The zero-order valence-electron chi connectivity index (χ0n) is 13.7. The molecule has 0 aliphatic rings. The van der Waals surface area contributed by atoms with Gasteiger partial charge in [-0.1, -0.05) is 49.7 Å². The molecule has 3 nitrogen and oxygen atoms in total. The number of unbranched alkanes of at least 4 members (excludes halogenated alkanes) is 1. The van der Waals surface area contributed by atoms with Gasteiger partial charge in [0.2, 0.25) is 5.96 Å². The summed E-state index contributed by atoms with van der Waals surface area (Å²) in [6.45, 7) is 3.04. The third-order valence-corrected chi connectivity index (χ3v) is 3.65. The molecule has 0 atom stereocenters. The number of guanidine groups is 1. The fraction of sp³-hybridized carbons (Fsp3) is 0.316. The number of hydrogen-bond acceptors (Lipinski definition) is 1. The third-order valence-electron chi connectivity index (χ3n) is 3.65. The Bertz CT molecular complexity index is 531. The maximum absolute atomic E-state index is 4.83. The summed E-state index contributed by atoms with van der Waals surface area (Å²) in [4.78, 5) is 9.12. The van der Waals surface area contributed by atoms with Crippen LogP contribution in [0.5, 0.6) is 0 Å². The molecule has 0 N–H and O–H groups in total. The van der Waals surface area contributed by atoms with Crippen LogP contribution in [0.4, 0.5) is 11.4 Å². The minimum Gasteiger partial charge on any atom is -0.315 e. The van der Waals surface area contributed by atoms with Crippen LogP contribution < -0.4 is 9.80 Å². The molecule has 116 valence electrons. The zero-order chi connectivity index (χ0) is 15.8. The minimum absolute atomic E-state index is 0.847. The van der Waals surface area contributed by atoms with Crippen LogP contribution in [0.25, 0.3) is 0 Å². The number of nitrogens with zero attached hydrogens (tertiary/aromatic N) is 3. The lowest BCUT2D eigenvalue weighted by atomic mass is 10.3. The fourth-order valence-electron chi connectivity index (χ4n) is 2.31. The van der Waals surface area contributed by atoms with Crippen LogP contribution >= 0.6 is 0 Å². The standard InChI is InChI=1S/C19H25N3/c1-4-5-16-20-19(21(2)17-12-8-6-9-13-17)22(3)18-14-10-7-11-15-18/h6-15H,4-5,16H2,1-3H3. The van der Waals surface area contributed by atoms with E-state index in [9.17, 15) is 0 Å². The third kappa shape index (κ3) is 4.10. The van der Waals surface area contributed by atoms with Crippen molar-refractivity contribution in [1.82, 2.24) is 0 Å². The van der Waals surface area contributed by atoms with Crippen LogP contribution in [-0.2, 0) is 0 Å². The molecular formula is C19H25N3. The second-order valence-corrected chi connectivity index (χ2v) is 5.32. The van der Waals surface area contributed by atoms with E-state index in [-0.39, 0.29) is 0 Å². The molecule has 2 rings (SSSR count). The average Bonchev–Trinajstić information content (AvgIpc) is 2.59. The molecule has 2 aromatic rings. The van der Waals surface area contributed by atoms with Crippen molar-refractivity contribution in [2.24, 2.45) is 4.99 Å². The van der Waals surface area contributed by atoms with Crippen molar-refractivity contribution >= 4 is 17.3 Å². The number of anilines is 2. The molecule has 0 saturated heterocycles. The number of para-hydroxylation sites is 2. The van der Waals surface area contributed by atoms with E-state index in [1.165, 1.54) is 0 Å². The predicted octanol–water partition coefficient (Wildman–Crippen LogP) is 4.42. The van der Waals surface area contributed by atoms with Crippen molar-refractivity contribution in [3.63, 3.8) is 0 Å². The van der Waals surface area contributed by atoms with Crippen LogP contribution in [-0.4, -0.2) is 26.6 Å².